The fourth-order valence-electron chi connectivity index (χ4n) is 1.58. The number of ether oxygens (including phenoxy) is 2. The highest BCUT2D eigenvalue weighted by Gasteiger charge is 2.17. The smallest absolute Gasteiger partial charge is 0.303 e. The van der Waals surface area contributed by atoms with Crippen molar-refractivity contribution in [2.75, 3.05) is 31.2 Å². The molecular formula is C14H27N3O5S. The van der Waals surface area contributed by atoms with Gasteiger partial charge in [-0.3, -0.25) is 14.4 Å². The molecule has 0 saturated carbocycles. The lowest BCUT2D eigenvalue weighted by molar-refractivity contribution is -0.154. The zero-order valence-electron chi connectivity index (χ0n) is 13.7. The molecule has 0 aliphatic heterocycles. The first-order valence-electron chi connectivity index (χ1n) is 7.48. The van der Waals surface area contributed by atoms with Crippen LogP contribution in [-0.2, 0) is 23.9 Å². The molecule has 2 atom stereocenters. The van der Waals surface area contributed by atoms with E-state index in [0.717, 1.165) is 12.8 Å². The predicted molar refractivity (Wildman–Crippen MR) is 88.8 cm³/mol. The van der Waals surface area contributed by atoms with Crippen molar-refractivity contribution < 1.29 is 23.9 Å². The molecule has 9 heteroatoms. The van der Waals surface area contributed by atoms with Crippen LogP contribution in [0.25, 0.3) is 0 Å². The lowest BCUT2D eigenvalue weighted by Crippen LogP contribution is -2.43. The quantitative estimate of drug-likeness (QED) is 0.314. The Morgan fingerprint density at radius 3 is 2.39 bits per heavy atom. The second-order valence-electron chi connectivity index (χ2n) is 4.96. The molecule has 0 saturated heterocycles. The van der Waals surface area contributed by atoms with Crippen LogP contribution in [0, 0.1) is 0 Å². The van der Waals surface area contributed by atoms with E-state index < -0.39 is 24.1 Å². The largest absolute Gasteiger partial charge is 0.462 e. The van der Waals surface area contributed by atoms with Crippen LogP contribution < -0.4 is 16.8 Å². The number of unbranched alkanes of at least 4 members (excludes halogenated alkanes) is 1. The topological polar surface area (TPSA) is 134 Å². The summed E-state index contributed by atoms with van der Waals surface area (Å²) in [5.74, 6) is -0.356. The van der Waals surface area contributed by atoms with Crippen LogP contribution in [0.1, 0.15) is 26.7 Å². The van der Waals surface area contributed by atoms with E-state index in [-0.39, 0.29) is 12.5 Å². The van der Waals surface area contributed by atoms with E-state index >= 15 is 0 Å². The summed E-state index contributed by atoms with van der Waals surface area (Å²) >= 11 is 1.36. The number of hydrogen-bond donors (Lipinski definition) is 3. The number of carbonyl (C=O) groups is 3. The van der Waals surface area contributed by atoms with Crippen LogP contribution in [0.4, 0.5) is 0 Å². The first-order chi connectivity index (χ1) is 10.9. The molecule has 0 radical (unpaired) electrons. The molecule has 1 amide bonds. The van der Waals surface area contributed by atoms with Gasteiger partial charge in [-0.25, -0.2) is 0 Å². The minimum atomic E-state index is -0.649. The Balaban J connectivity index is 4.02. The van der Waals surface area contributed by atoms with Gasteiger partial charge < -0.3 is 26.3 Å². The molecule has 23 heavy (non-hydrogen) atoms. The van der Waals surface area contributed by atoms with Gasteiger partial charge in [0, 0.05) is 31.9 Å². The fraction of sp³-hybridized carbons (Fsp3) is 0.786. The van der Waals surface area contributed by atoms with E-state index in [1.165, 1.54) is 25.6 Å². The second-order valence-corrected chi connectivity index (χ2v) is 6.04. The molecule has 0 rings (SSSR count). The van der Waals surface area contributed by atoms with Gasteiger partial charge in [0.15, 0.2) is 0 Å². The number of hydrogen-bond acceptors (Lipinski definition) is 8. The van der Waals surface area contributed by atoms with Crippen molar-refractivity contribution in [2.45, 2.75) is 38.8 Å². The molecule has 0 aromatic rings. The molecule has 0 spiro atoms. The molecule has 0 aromatic carbocycles. The van der Waals surface area contributed by atoms with Crippen molar-refractivity contribution in [3.05, 3.63) is 0 Å². The van der Waals surface area contributed by atoms with Crippen molar-refractivity contribution in [2.24, 2.45) is 11.5 Å². The molecular weight excluding hydrogens is 322 g/mol. The van der Waals surface area contributed by atoms with Gasteiger partial charge in [0.1, 0.15) is 12.7 Å². The minimum Gasteiger partial charge on any atom is -0.462 e. The summed E-state index contributed by atoms with van der Waals surface area (Å²) in [7, 11) is 0. The molecule has 134 valence electrons. The first-order valence-corrected chi connectivity index (χ1v) is 8.64. The van der Waals surface area contributed by atoms with Crippen LogP contribution >= 0.6 is 11.8 Å². The number of esters is 2. The first kappa shape index (κ1) is 21.7. The average Bonchev–Trinajstić information content (AvgIpc) is 2.48. The van der Waals surface area contributed by atoms with Crippen LogP contribution in [-0.4, -0.2) is 61.2 Å². The minimum absolute atomic E-state index is 0.0115. The summed E-state index contributed by atoms with van der Waals surface area (Å²) in [6.45, 7) is 3.70. The Labute approximate surface area is 141 Å². The zero-order chi connectivity index (χ0) is 17.7. The lowest BCUT2D eigenvalue weighted by Gasteiger charge is -2.17. The maximum absolute atomic E-state index is 11.7. The van der Waals surface area contributed by atoms with Gasteiger partial charge in [0.05, 0.1) is 6.04 Å². The zero-order valence-corrected chi connectivity index (χ0v) is 14.5. The molecule has 5 N–H and O–H groups in total. The van der Waals surface area contributed by atoms with Gasteiger partial charge in [-0.05, 0) is 19.4 Å². The monoisotopic (exact) mass is 349 g/mol. The second kappa shape index (κ2) is 13.1. The predicted octanol–water partition coefficient (Wildman–Crippen LogP) is -0.603. The molecule has 0 aliphatic rings. The summed E-state index contributed by atoms with van der Waals surface area (Å²) in [4.78, 5) is 33.5. The summed E-state index contributed by atoms with van der Waals surface area (Å²) in [6.07, 6.45) is 1.12. The average molecular weight is 349 g/mol. The van der Waals surface area contributed by atoms with E-state index in [1.807, 2.05) is 0 Å². The normalized spacial score (nSPS) is 13.0. The van der Waals surface area contributed by atoms with Gasteiger partial charge in [0.2, 0.25) is 5.91 Å². The van der Waals surface area contributed by atoms with Gasteiger partial charge in [-0.1, -0.05) is 0 Å². The van der Waals surface area contributed by atoms with E-state index in [4.69, 9.17) is 20.9 Å². The van der Waals surface area contributed by atoms with Crippen LogP contribution in [0.2, 0.25) is 0 Å². The molecule has 8 nitrogen and oxygen atoms in total. The Hall–Kier alpha value is -1.32. The standard InChI is InChI=1S/C14H27N3O5S/c1-10(18)21-7-12(22-11(2)19)8-23-9-13(16)14(20)17-6-4-3-5-15/h12-13H,3-9,15-16H2,1-2H3,(H,17,20)/t12-,13+/m1/s1. The van der Waals surface area contributed by atoms with Crippen molar-refractivity contribution in [1.82, 2.24) is 5.32 Å². The third-order valence-corrected chi connectivity index (χ3v) is 3.88. The Morgan fingerprint density at radius 2 is 1.83 bits per heavy atom. The Kier molecular flexibility index (Phi) is 12.4. The molecule has 0 bridgehead atoms. The van der Waals surface area contributed by atoms with Gasteiger partial charge in [0.25, 0.3) is 0 Å². The van der Waals surface area contributed by atoms with Gasteiger partial charge >= 0.3 is 11.9 Å². The number of nitrogens with two attached hydrogens (primary N) is 2. The van der Waals surface area contributed by atoms with E-state index in [0.29, 0.717) is 24.6 Å². The van der Waals surface area contributed by atoms with Gasteiger partial charge in [-0.2, -0.15) is 11.8 Å². The lowest BCUT2D eigenvalue weighted by atomic mass is 10.3. The van der Waals surface area contributed by atoms with Crippen molar-refractivity contribution in [3.8, 4) is 0 Å². The highest BCUT2D eigenvalue weighted by atomic mass is 32.2. The van der Waals surface area contributed by atoms with Crippen molar-refractivity contribution in [1.29, 1.82) is 0 Å². The van der Waals surface area contributed by atoms with Gasteiger partial charge in [-0.15, -0.1) is 0 Å². The third kappa shape index (κ3) is 12.9. The number of rotatable bonds is 12. The highest BCUT2D eigenvalue weighted by molar-refractivity contribution is 7.99. The Morgan fingerprint density at radius 1 is 1.13 bits per heavy atom. The summed E-state index contributed by atoms with van der Waals surface area (Å²) in [6, 6.07) is -0.649. The SMILES string of the molecule is CC(=O)OC[C@H](CSC[C@H](N)C(=O)NCCCCN)OC(C)=O. The molecule has 0 aliphatic carbocycles. The van der Waals surface area contributed by atoms with Crippen molar-refractivity contribution in [3.63, 3.8) is 0 Å². The van der Waals surface area contributed by atoms with E-state index in [2.05, 4.69) is 5.32 Å². The summed E-state index contributed by atoms with van der Waals surface area (Å²) in [5, 5.41) is 2.74. The highest BCUT2D eigenvalue weighted by Crippen LogP contribution is 2.08. The third-order valence-electron chi connectivity index (χ3n) is 2.67. The molecule has 0 heterocycles. The number of thioether (sulfide) groups is 1. The van der Waals surface area contributed by atoms with Crippen LogP contribution in [0.3, 0.4) is 0 Å². The van der Waals surface area contributed by atoms with Crippen molar-refractivity contribution >= 4 is 29.6 Å². The molecule has 0 aromatic heterocycles. The molecule has 0 unspecified atom stereocenters. The summed E-state index contributed by atoms with van der Waals surface area (Å²) < 4.78 is 9.88. The Bertz CT molecular complexity index is 381. The number of carbonyl (C=O) groups excluding carboxylic acids is 3. The maximum atomic E-state index is 11.7. The van der Waals surface area contributed by atoms with Crippen LogP contribution in [0.15, 0.2) is 0 Å². The number of amides is 1. The summed E-state index contributed by atoms with van der Waals surface area (Å²) in [5.41, 5.74) is 11.2. The van der Waals surface area contributed by atoms with E-state index in [9.17, 15) is 14.4 Å². The number of nitrogens with one attached hydrogen (secondary N) is 1. The fourth-order valence-corrected chi connectivity index (χ4v) is 2.54. The molecule has 0 fully saturated rings. The maximum Gasteiger partial charge on any atom is 0.303 e. The van der Waals surface area contributed by atoms with Crippen LogP contribution in [0.5, 0.6) is 0 Å². The van der Waals surface area contributed by atoms with E-state index in [1.54, 1.807) is 0 Å².